The van der Waals surface area contributed by atoms with Crippen LogP contribution in [0.15, 0.2) is 60.9 Å². The summed E-state index contributed by atoms with van der Waals surface area (Å²) in [7, 11) is 2.57. The fraction of sp³-hybridized carbons (Fsp3) is 0.468. The van der Waals surface area contributed by atoms with Crippen LogP contribution in [-0.2, 0) is 28.5 Å². The number of fused-ring (bicyclic) bond motifs is 1. The van der Waals surface area contributed by atoms with Crippen molar-refractivity contribution in [1.82, 2.24) is 45.4 Å². The molecular weight excluding hydrogens is 838 g/mol. The second-order valence-corrected chi connectivity index (χ2v) is 17.2. The number of alkyl carbamates (subject to hydrolysis) is 2. The molecule has 0 spiro atoms. The Morgan fingerprint density at radius 3 is 1.91 bits per heavy atom. The lowest BCUT2D eigenvalue weighted by molar-refractivity contribution is -0.137. The third-order valence-corrected chi connectivity index (χ3v) is 13.4. The number of aromatic amines is 2. The summed E-state index contributed by atoms with van der Waals surface area (Å²) < 4.78 is 36.7. The van der Waals surface area contributed by atoms with Crippen LogP contribution in [0, 0.1) is 17.7 Å². The number of likely N-dealkylation sites (tertiary alicyclic amines) is 2. The number of benzene rings is 2. The lowest BCUT2D eigenvalue weighted by Crippen LogP contribution is -2.53. The Morgan fingerprint density at radius 1 is 0.723 bits per heavy atom. The average Bonchev–Trinajstić information content (AvgIpc) is 4.20. The number of imidazole rings is 2. The summed E-state index contributed by atoms with van der Waals surface area (Å²) in [5.74, 6) is 0.306. The maximum Gasteiger partial charge on any atom is 0.407 e. The van der Waals surface area contributed by atoms with Crippen molar-refractivity contribution in [3.63, 3.8) is 0 Å². The number of aromatic nitrogens is 5. The molecule has 1 unspecified atom stereocenters. The molecule has 4 aliphatic rings. The van der Waals surface area contributed by atoms with Crippen molar-refractivity contribution in [2.45, 2.75) is 75.5 Å². The lowest BCUT2D eigenvalue weighted by Gasteiger charge is -2.34. The molecule has 18 heteroatoms. The third-order valence-electron chi connectivity index (χ3n) is 13.4. The second-order valence-electron chi connectivity index (χ2n) is 17.2. The molecule has 0 saturated carbocycles. The Labute approximate surface area is 375 Å². The predicted molar refractivity (Wildman–Crippen MR) is 235 cm³/mol. The van der Waals surface area contributed by atoms with Gasteiger partial charge in [-0.2, -0.15) is 0 Å². The molecule has 3 aromatic heterocycles. The molecule has 4 saturated heterocycles. The number of pyridine rings is 1. The molecule has 4 atom stereocenters. The van der Waals surface area contributed by atoms with E-state index < -0.39 is 30.1 Å². The van der Waals surface area contributed by atoms with Crippen LogP contribution >= 0.6 is 0 Å². The highest BCUT2D eigenvalue weighted by atomic mass is 19.1. The first-order valence-corrected chi connectivity index (χ1v) is 22.5. The first kappa shape index (κ1) is 43.8. The van der Waals surface area contributed by atoms with Gasteiger partial charge in [0.05, 0.1) is 55.1 Å². The van der Waals surface area contributed by atoms with Gasteiger partial charge in [0.2, 0.25) is 11.8 Å². The Morgan fingerprint density at radius 2 is 1.31 bits per heavy atom. The molecule has 5 aromatic rings. The van der Waals surface area contributed by atoms with Gasteiger partial charge in [-0.25, -0.2) is 28.9 Å². The molecule has 17 nitrogen and oxygen atoms in total. The number of nitrogens with zero attached hydrogens (tertiary/aromatic N) is 5. The fourth-order valence-corrected chi connectivity index (χ4v) is 9.86. The van der Waals surface area contributed by atoms with Crippen molar-refractivity contribution in [2.75, 3.05) is 53.7 Å². The summed E-state index contributed by atoms with van der Waals surface area (Å²) in [5.41, 5.74) is 4.35. The van der Waals surface area contributed by atoms with E-state index in [9.17, 15) is 19.2 Å². The number of hydrogen-bond donors (Lipinski definition) is 4. The number of halogens is 1. The Kier molecular flexibility index (Phi) is 13.1. The number of H-pyrrole nitrogens is 2. The molecule has 2 aromatic carbocycles. The number of rotatable bonds is 11. The van der Waals surface area contributed by atoms with Gasteiger partial charge in [0.1, 0.15) is 29.5 Å². The SMILES string of the molecule is COC(=O)N[C@H](C(=O)N1CCCC1c1nc(-c2ccc3nc(-c4ccc(-c5cnc([C@@H]6CCCN6C(=O)[C@@H](NC(=O)OC)C6CCOCC6)[nH]5)c(F)c4)ccc3c2)c[nH]1)C1CCOCC1. The van der Waals surface area contributed by atoms with Crippen molar-refractivity contribution < 1.29 is 42.5 Å². The standard InChI is InChI=1S/C47H54FN9O8/c1-62-46(60)54-40(27-13-19-64-20-14-27)44(58)56-17-3-5-38(56)42-49-25-36(52-42)30-9-12-34-29(23-30)8-11-35(51-34)31-7-10-32(33(48)24-31)37-26-50-43(53-37)39-6-4-18-57(39)45(59)41(55-47(61)63-2)28-15-21-65-22-16-28/h7-12,23-28,38-41H,3-6,13-22H2,1-2H3,(H,49,52)(H,50,53)(H,54,60)(H,55,61)/t38?,39-,40-,41-/m0/s1. The van der Waals surface area contributed by atoms with Crippen LogP contribution in [0.3, 0.4) is 0 Å². The number of hydrogen-bond acceptors (Lipinski definition) is 11. The van der Waals surface area contributed by atoms with Crippen molar-refractivity contribution >= 4 is 34.9 Å². The highest BCUT2D eigenvalue weighted by molar-refractivity contribution is 5.88. The zero-order valence-corrected chi connectivity index (χ0v) is 36.5. The van der Waals surface area contributed by atoms with E-state index >= 15 is 4.39 Å². The molecule has 0 bridgehead atoms. The molecule has 342 valence electrons. The van der Waals surface area contributed by atoms with Crippen molar-refractivity contribution in [3.8, 4) is 33.8 Å². The van der Waals surface area contributed by atoms with E-state index in [1.54, 1.807) is 17.2 Å². The highest BCUT2D eigenvalue weighted by Gasteiger charge is 2.42. The minimum Gasteiger partial charge on any atom is -0.453 e. The van der Waals surface area contributed by atoms with E-state index in [1.165, 1.54) is 20.3 Å². The number of carbonyl (C=O) groups excluding carboxylic acids is 4. The van der Waals surface area contributed by atoms with Gasteiger partial charge >= 0.3 is 12.2 Å². The predicted octanol–water partition coefficient (Wildman–Crippen LogP) is 6.45. The van der Waals surface area contributed by atoms with Gasteiger partial charge in [-0.3, -0.25) is 9.59 Å². The van der Waals surface area contributed by atoms with Crippen molar-refractivity contribution in [3.05, 3.63) is 78.4 Å². The van der Waals surface area contributed by atoms with Crippen LogP contribution in [0.4, 0.5) is 14.0 Å². The maximum atomic E-state index is 15.9. The van der Waals surface area contributed by atoms with Gasteiger partial charge in [0, 0.05) is 67.8 Å². The smallest absolute Gasteiger partial charge is 0.407 e. The van der Waals surface area contributed by atoms with Crippen molar-refractivity contribution in [1.29, 1.82) is 0 Å². The van der Waals surface area contributed by atoms with Gasteiger partial charge in [-0.15, -0.1) is 0 Å². The van der Waals surface area contributed by atoms with E-state index in [0.717, 1.165) is 41.4 Å². The molecule has 4 fully saturated rings. The monoisotopic (exact) mass is 891 g/mol. The quantitative estimate of drug-likeness (QED) is 0.113. The molecule has 0 radical (unpaired) electrons. The number of carbonyl (C=O) groups is 4. The van der Waals surface area contributed by atoms with E-state index in [1.807, 2.05) is 47.5 Å². The van der Waals surface area contributed by atoms with Gasteiger partial charge in [-0.05, 0) is 93.5 Å². The van der Waals surface area contributed by atoms with Crippen LogP contribution in [0.1, 0.15) is 75.1 Å². The zero-order valence-electron chi connectivity index (χ0n) is 36.5. The normalized spacial score (nSPS) is 20.4. The van der Waals surface area contributed by atoms with E-state index in [2.05, 4.69) is 25.6 Å². The molecule has 0 aliphatic carbocycles. The largest absolute Gasteiger partial charge is 0.453 e. The first-order valence-electron chi connectivity index (χ1n) is 22.5. The number of ether oxygens (including phenoxy) is 4. The van der Waals surface area contributed by atoms with Crippen LogP contribution in [0.25, 0.3) is 44.7 Å². The summed E-state index contributed by atoms with van der Waals surface area (Å²) in [4.78, 5) is 77.1. The van der Waals surface area contributed by atoms with E-state index in [0.29, 0.717) is 106 Å². The van der Waals surface area contributed by atoms with E-state index in [4.69, 9.17) is 28.9 Å². The summed E-state index contributed by atoms with van der Waals surface area (Å²) in [5, 5.41) is 6.45. The molecule has 9 rings (SSSR count). The van der Waals surface area contributed by atoms with Crippen LogP contribution in [0.2, 0.25) is 0 Å². The molecule has 4 N–H and O–H groups in total. The number of amides is 4. The molecule has 4 amide bonds. The number of methoxy groups -OCH3 is 2. The molecular formula is C47H54FN9O8. The maximum absolute atomic E-state index is 15.9. The number of nitrogens with one attached hydrogen (secondary N) is 4. The average molecular weight is 892 g/mol. The minimum atomic E-state index is -0.753. The van der Waals surface area contributed by atoms with Gasteiger partial charge in [0.15, 0.2) is 0 Å². The van der Waals surface area contributed by atoms with Crippen LogP contribution < -0.4 is 10.6 Å². The fourth-order valence-electron chi connectivity index (χ4n) is 9.86. The summed E-state index contributed by atoms with van der Waals surface area (Å²) in [6.07, 6.45) is 7.76. The Balaban J connectivity index is 0.877. The zero-order chi connectivity index (χ0) is 45.0. The van der Waals surface area contributed by atoms with Gasteiger partial charge < -0.3 is 49.3 Å². The Hall–Kier alpha value is -6.40. The van der Waals surface area contributed by atoms with Crippen LogP contribution in [-0.4, -0.2) is 125 Å². The lowest BCUT2D eigenvalue weighted by atomic mass is 9.90. The third kappa shape index (κ3) is 9.27. The minimum absolute atomic E-state index is 0.0545. The molecule has 65 heavy (non-hydrogen) atoms. The second kappa shape index (κ2) is 19.4. The van der Waals surface area contributed by atoms with E-state index in [-0.39, 0.29) is 35.7 Å². The highest BCUT2D eigenvalue weighted by Crippen LogP contribution is 2.37. The summed E-state index contributed by atoms with van der Waals surface area (Å²) in [6.45, 7) is 3.18. The van der Waals surface area contributed by atoms with Crippen LogP contribution in [0.5, 0.6) is 0 Å². The molecule has 4 aliphatic heterocycles. The Bertz CT molecular complexity index is 2540. The summed E-state index contributed by atoms with van der Waals surface area (Å²) >= 11 is 0. The first-order chi connectivity index (χ1) is 31.7. The molecule has 7 heterocycles. The van der Waals surface area contributed by atoms with Gasteiger partial charge in [-0.1, -0.05) is 18.2 Å². The summed E-state index contributed by atoms with van der Waals surface area (Å²) in [6, 6.07) is 12.6. The van der Waals surface area contributed by atoms with Crippen molar-refractivity contribution in [2.24, 2.45) is 11.8 Å². The van der Waals surface area contributed by atoms with Gasteiger partial charge in [0.25, 0.3) is 0 Å². The topological polar surface area (TPSA) is 206 Å².